The number of rotatable bonds is 5. The highest BCUT2D eigenvalue weighted by molar-refractivity contribution is 6.07. The van der Waals surface area contributed by atoms with E-state index < -0.39 is 6.10 Å². The molecule has 0 bridgehead atoms. The Kier molecular flexibility index (Phi) is 4.92. The lowest BCUT2D eigenvalue weighted by Crippen LogP contribution is -2.28. The van der Waals surface area contributed by atoms with Crippen molar-refractivity contribution >= 4 is 17.3 Å². The van der Waals surface area contributed by atoms with Gasteiger partial charge in [0.15, 0.2) is 11.5 Å². The van der Waals surface area contributed by atoms with Crippen molar-refractivity contribution < 1.29 is 28.6 Å². The number of hydrogen-bond acceptors (Lipinski definition) is 7. The van der Waals surface area contributed by atoms with E-state index in [0.29, 0.717) is 54.0 Å². The van der Waals surface area contributed by atoms with Gasteiger partial charge in [-0.3, -0.25) is 4.79 Å². The summed E-state index contributed by atoms with van der Waals surface area (Å²) in [6, 6.07) is 10.6. The Hall–Kier alpha value is -3.42. The molecule has 2 aromatic carbocycles. The first kappa shape index (κ1) is 18.0. The molecule has 0 aliphatic carbocycles. The highest BCUT2D eigenvalue weighted by Crippen LogP contribution is 2.33. The van der Waals surface area contributed by atoms with E-state index in [4.69, 9.17) is 23.8 Å². The van der Waals surface area contributed by atoms with E-state index in [9.17, 15) is 4.79 Å². The van der Waals surface area contributed by atoms with Crippen molar-refractivity contribution in [1.29, 1.82) is 0 Å². The van der Waals surface area contributed by atoms with Gasteiger partial charge in [0.2, 0.25) is 6.10 Å². The van der Waals surface area contributed by atoms with E-state index >= 15 is 0 Å². The molecule has 4 rings (SSSR count). The Morgan fingerprint density at radius 3 is 2.68 bits per heavy atom. The third kappa shape index (κ3) is 3.53. The molecule has 0 fully saturated rings. The molecule has 0 unspecified atom stereocenters. The first-order chi connectivity index (χ1) is 13.7. The van der Waals surface area contributed by atoms with E-state index in [1.165, 1.54) is 0 Å². The molecule has 2 heterocycles. The molecule has 2 aromatic rings. The van der Waals surface area contributed by atoms with Crippen LogP contribution in [-0.4, -0.2) is 45.2 Å². The van der Waals surface area contributed by atoms with Crippen LogP contribution in [0.5, 0.6) is 23.0 Å². The second-order valence-electron chi connectivity index (χ2n) is 6.25. The Labute approximate surface area is 162 Å². The predicted molar refractivity (Wildman–Crippen MR) is 102 cm³/mol. The second kappa shape index (κ2) is 7.67. The Bertz CT molecular complexity index is 927. The minimum atomic E-state index is -0.737. The van der Waals surface area contributed by atoms with Gasteiger partial charge in [-0.05, 0) is 30.3 Å². The molecule has 0 radical (unpaired) electrons. The highest BCUT2D eigenvalue weighted by atomic mass is 16.6. The van der Waals surface area contributed by atoms with Crippen LogP contribution in [0.4, 0.5) is 5.69 Å². The largest absolute Gasteiger partial charge is 0.497 e. The maximum atomic E-state index is 12.6. The molecular formula is C20H20N2O6. The molecule has 146 valence electrons. The number of carbonyl (C=O) groups is 1. The molecule has 0 saturated heterocycles. The number of nitrogens with zero attached hydrogens (tertiary/aromatic N) is 1. The fourth-order valence-corrected chi connectivity index (χ4v) is 3.06. The number of oxime groups is 1. The summed E-state index contributed by atoms with van der Waals surface area (Å²) in [5, 5.41) is 6.91. The number of carbonyl (C=O) groups excluding carboxylic acids is 1. The topological polar surface area (TPSA) is 87.6 Å². The van der Waals surface area contributed by atoms with Crippen LogP contribution in [-0.2, 0) is 9.63 Å². The quantitative estimate of drug-likeness (QED) is 0.853. The van der Waals surface area contributed by atoms with Crippen molar-refractivity contribution in [2.24, 2.45) is 5.16 Å². The fraction of sp³-hybridized carbons (Fsp3) is 0.300. The van der Waals surface area contributed by atoms with Crippen molar-refractivity contribution in [3.8, 4) is 23.0 Å². The Morgan fingerprint density at radius 2 is 1.89 bits per heavy atom. The van der Waals surface area contributed by atoms with Crippen LogP contribution in [0.15, 0.2) is 41.6 Å². The molecule has 2 aliphatic heterocycles. The number of methoxy groups -OCH3 is 2. The Balaban J connectivity index is 1.44. The summed E-state index contributed by atoms with van der Waals surface area (Å²) in [4.78, 5) is 18.0. The number of anilines is 1. The van der Waals surface area contributed by atoms with Crippen molar-refractivity contribution in [2.45, 2.75) is 12.5 Å². The maximum absolute atomic E-state index is 12.6. The van der Waals surface area contributed by atoms with Crippen LogP contribution >= 0.6 is 0 Å². The molecule has 8 nitrogen and oxygen atoms in total. The van der Waals surface area contributed by atoms with Gasteiger partial charge in [-0.15, -0.1) is 0 Å². The van der Waals surface area contributed by atoms with Gasteiger partial charge in [0.05, 0.1) is 19.9 Å². The first-order valence-corrected chi connectivity index (χ1v) is 8.83. The average Bonchev–Trinajstić information content (AvgIpc) is 3.23. The zero-order valence-electron chi connectivity index (χ0n) is 15.6. The smallest absolute Gasteiger partial charge is 0.268 e. The van der Waals surface area contributed by atoms with Crippen molar-refractivity contribution in [3.63, 3.8) is 0 Å². The second-order valence-corrected chi connectivity index (χ2v) is 6.25. The van der Waals surface area contributed by atoms with Crippen molar-refractivity contribution in [1.82, 2.24) is 0 Å². The highest BCUT2D eigenvalue weighted by Gasteiger charge is 2.30. The predicted octanol–water partition coefficient (Wildman–Crippen LogP) is 2.61. The number of amides is 1. The van der Waals surface area contributed by atoms with Gasteiger partial charge in [0.1, 0.15) is 24.7 Å². The number of fused-ring (bicyclic) bond motifs is 1. The average molecular weight is 384 g/mol. The minimum absolute atomic E-state index is 0.294. The summed E-state index contributed by atoms with van der Waals surface area (Å²) in [5.74, 6) is 2.28. The lowest BCUT2D eigenvalue weighted by Gasteiger charge is -2.19. The third-order valence-corrected chi connectivity index (χ3v) is 4.49. The van der Waals surface area contributed by atoms with Crippen molar-refractivity contribution in [3.05, 3.63) is 42.0 Å². The first-order valence-electron chi connectivity index (χ1n) is 8.83. The van der Waals surface area contributed by atoms with E-state index in [-0.39, 0.29) is 5.91 Å². The maximum Gasteiger partial charge on any atom is 0.268 e. The normalized spacial score (nSPS) is 17.4. The summed E-state index contributed by atoms with van der Waals surface area (Å²) in [6.45, 7) is 0.998. The van der Waals surface area contributed by atoms with Crippen LogP contribution in [0.25, 0.3) is 0 Å². The minimum Gasteiger partial charge on any atom is -0.497 e. The van der Waals surface area contributed by atoms with Gasteiger partial charge < -0.3 is 29.1 Å². The molecule has 8 heteroatoms. The van der Waals surface area contributed by atoms with E-state index in [2.05, 4.69) is 10.5 Å². The van der Waals surface area contributed by atoms with Gasteiger partial charge in [-0.2, -0.15) is 0 Å². The number of benzene rings is 2. The summed E-state index contributed by atoms with van der Waals surface area (Å²) < 4.78 is 21.7. The standard InChI is InChI=1S/C20H20N2O6/c1-24-13-4-6-16(25-2)14(10-13)15-11-19(28-22-15)20(23)21-12-3-5-17-18(9-12)27-8-7-26-17/h3-6,9-10,19H,7-8,11H2,1-2H3,(H,21,23)/t19-/m0/s1. The molecule has 0 saturated carbocycles. The molecule has 1 N–H and O–H groups in total. The van der Waals surface area contributed by atoms with Gasteiger partial charge in [-0.25, -0.2) is 0 Å². The molecule has 1 atom stereocenters. The van der Waals surface area contributed by atoms with Gasteiger partial charge in [0, 0.05) is 23.7 Å². The number of ether oxygens (including phenoxy) is 4. The Morgan fingerprint density at radius 1 is 1.07 bits per heavy atom. The lowest BCUT2D eigenvalue weighted by atomic mass is 10.0. The zero-order valence-corrected chi connectivity index (χ0v) is 15.6. The number of nitrogens with one attached hydrogen (secondary N) is 1. The molecule has 0 aromatic heterocycles. The number of hydrogen-bond donors (Lipinski definition) is 1. The fourth-order valence-electron chi connectivity index (χ4n) is 3.06. The SMILES string of the molecule is COc1ccc(OC)c(C2=NO[C@H](C(=O)Nc3ccc4c(c3)OCCO4)C2)c1. The molecular weight excluding hydrogens is 364 g/mol. The van der Waals surface area contributed by atoms with E-state index in [0.717, 1.165) is 5.56 Å². The van der Waals surface area contributed by atoms with Crippen LogP contribution in [0.3, 0.4) is 0 Å². The molecule has 28 heavy (non-hydrogen) atoms. The molecule has 2 aliphatic rings. The van der Waals surface area contributed by atoms with Crippen molar-refractivity contribution in [2.75, 3.05) is 32.8 Å². The summed E-state index contributed by atoms with van der Waals surface area (Å²) in [5.41, 5.74) is 1.96. The monoisotopic (exact) mass is 384 g/mol. The van der Waals surface area contributed by atoms with Crippen LogP contribution in [0, 0.1) is 0 Å². The van der Waals surface area contributed by atoms with Gasteiger partial charge in [0.25, 0.3) is 5.91 Å². The molecule has 0 spiro atoms. The van der Waals surface area contributed by atoms with E-state index in [1.807, 2.05) is 6.07 Å². The lowest BCUT2D eigenvalue weighted by molar-refractivity contribution is -0.125. The van der Waals surface area contributed by atoms with Crippen LogP contribution in [0.1, 0.15) is 12.0 Å². The van der Waals surface area contributed by atoms with Gasteiger partial charge >= 0.3 is 0 Å². The van der Waals surface area contributed by atoms with Crippen LogP contribution in [0.2, 0.25) is 0 Å². The summed E-state index contributed by atoms with van der Waals surface area (Å²) in [7, 11) is 3.16. The molecule has 1 amide bonds. The van der Waals surface area contributed by atoms with Gasteiger partial charge in [-0.1, -0.05) is 5.16 Å². The summed E-state index contributed by atoms with van der Waals surface area (Å²) >= 11 is 0. The summed E-state index contributed by atoms with van der Waals surface area (Å²) in [6.07, 6.45) is -0.418. The third-order valence-electron chi connectivity index (χ3n) is 4.49. The van der Waals surface area contributed by atoms with E-state index in [1.54, 1.807) is 44.6 Å². The van der Waals surface area contributed by atoms with Crippen LogP contribution < -0.4 is 24.3 Å². The zero-order chi connectivity index (χ0) is 19.5.